The van der Waals surface area contributed by atoms with Gasteiger partial charge < -0.3 is 29.9 Å². The number of likely N-dealkylation sites (N-methyl/N-ethyl adjacent to an activating group) is 1. The van der Waals surface area contributed by atoms with Gasteiger partial charge in [-0.2, -0.15) is 0 Å². The minimum absolute atomic E-state index is 0.229. The van der Waals surface area contributed by atoms with E-state index in [2.05, 4.69) is 53.3 Å². The molecule has 180 valence electrons. The van der Waals surface area contributed by atoms with Gasteiger partial charge in [0, 0.05) is 56.8 Å². The molecule has 2 N–H and O–H groups in total. The molecule has 0 radical (unpaired) electrons. The number of ether oxygens (including phenoxy) is 2. The van der Waals surface area contributed by atoms with Crippen LogP contribution in [0.15, 0.2) is 17.1 Å². The van der Waals surface area contributed by atoms with Crippen LogP contribution < -0.4 is 20.1 Å². The number of benzene rings is 1. The first-order valence-corrected chi connectivity index (χ1v) is 12.5. The lowest BCUT2D eigenvalue weighted by Gasteiger charge is -2.34. The van der Waals surface area contributed by atoms with Gasteiger partial charge in [0.2, 0.25) is 0 Å². The Morgan fingerprint density at radius 3 is 2.59 bits per heavy atom. The van der Waals surface area contributed by atoms with Crippen molar-refractivity contribution in [1.29, 1.82) is 0 Å². The molecule has 7 heteroatoms. The van der Waals surface area contributed by atoms with Crippen LogP contribution in [-0.4, -0.2) is 80.8 Å². The molecule has 1 atom stereocenters. The van der Waals surface area contributed by atoms with Crippen LogP contribution in [0.4, 0.5) is 0 Å². The largest absolute Gasteiger partial charge is 0.494 e. The summed E-state index contributed by atoms with van der Waals surface area (Å²) in [6.45, 7) is 18.7. The number of rotatable bonds is 11. The molecule has 3 rings (SSSR count). The van der Waals surface area contributed by atoms with Gasteiger partial charge >= 0.3 is 0 Å². The predicted octanol–water partition coefficient (Wildman–Crippen LogP) is 2.88. The number of hydrogen-bond donors (Lipinski definition) is 2. The first kappa shape index (κ1) is 24.6. The van der Waals surface area contributed by atoms with E-state index in [0.717, 1.165) is 49.0 Å². The smallest absolute Gasteiger partial charge is 0.191 e. The molecule has 1 unspecified atom stereocenters. The third-order valence-corrected chi connectivity index (χ3v) is 6.24. The van der Waals surface area contributed by atoms with Crippen molar-refractivity contribution in [1.82, 2.24) is 20.4 Å². The molecular weight excluding hydrogens is 402 g/mol. The highest BCUT2D eigenvalue weighted by Crippen LogP contribution is 2.35. The highest BCUT2D eigenvalue weighted by molar-refractivity contribution is 5.79. The minimum atomic E-state index is 0.229. The van der Waals surface area contributed by atoms with Crippen molar-refractivity contribution < 1.29 is 9.47 Å². The summed E-state index contributed by atoms with van der Waals surface area (Å²) in [5.41, 5.74) is 2.30. The summed E-state index contributed by atoms with van der Waals surface area (Å²) in [6, 6.07) is 4.24. The van der Waals surface area contributed by atoms with E-state index in [1.165, 1.54) is 51.3 Å². The molecule has 2 aliphatic rings. The van der Waals surface area contributed by atoms with E-state index < -0.39 is 0 Å². The lowest BCUT2D eigenvalue weighted by Crippen LogP contribution is -2.46. The number of unbranched alkanes of at least 4 members (excludes halogenated alkanes) is 1. The Kier molecular flexibility index (Phi) is 9.93. The van der Waals surface area contributed by atoms with Gasteiger partial charge in [0.05, 0.1) is 13.2 Å². The van der Waals surface area contributed by atoms with E-state index in [1.807, 2.05) is 6.92 Å². The molecule has 32 heavy (non-hydrogen) atoms. The van der Waals surface area contributed by atoms with Gasteiger partial charge in [-0.25, -0.2) is 4.99 Å². The molecule has 0 amide bonds. The number of piperazine rings is 1. The van der Waals surface area contributed by atoms with Crippen LogP contribution in [0.1, 0.15) is 51.7 Å². The fourth-order valence-corrected chi connectivity index (χ4v) is 4.40. The molecule has 1 aromatic carbocycles. The highest BCUT2D eigenvalue weighted by atomic mass is 16.5. The molecule has 0 aliphatic carbocycles. The van der Waals surface area contributed by atoms with E-state index >= 15 is 0 Å². The van der Waals surface area contributed by atoms with Gasteiger partial charge in [-0.05, 0) is 58.8 Å². The highest BCUT2D eigenvalue weighted by Gasteiger charge is 2.22. The molecule has 0 aromatic heterocycles. The van der Waals surface area contributed by atoms with Crippen LogP contribution in [0.25, 0.3) is 0 Å². The van der Waals surface area contributed by atoms with Crippen LogP contribution >= 0.6 is 0 Å². The molecule has 1 saturated heterocycles. The van der Waals surface area contributed by atoms with E-state index in [-0.39, 0.29) is 6.10 Å². The zero-order chi connectivity index (χ0) is 22.8. The van der Waals surface area contributed by atoms with Crippen molar-refractivity contribution in [3.05, 3.63) is 23.3 Å². The Bertz CT molecular complexity index is 731. The molecule has 2 aliphatic heterocycles. The lowest BCUT2D eigenvalue weighted by molar-refractivity contribution is 0.136. The normalized spacial score (nSPS) is 19.5. The Balaban J connectivity index is 1.47. The Morgan fingerprint density at radius 2 is 1.88 bits per heavy atom. The number of nitrogens with one attached hydrogen (secondary N) is 2. The molecule has 2 heterocycles. The maximum atomic E-state index is 5.95. The molecular formula is C25H43N5O2. The zero-order valence-corrected chi connectivity index (χ0v) is 20.6. The predicted molar refractivity (Wildman–Crippen MR) is 132 cm³/mol. The summed E-state index contributed by atoms with van der Waals surface area (Å²) in [5, 5.41) is 6.86. The quantitative estimate of drug-likeness (QED) is 0.310. The summed E-state index contributed by atoms with van der Waals surface area (Å²) in [5.74, 6) is 2.76. The van der Waals surface area contributed by atoms with E-state index in [0.29, 0.717) is 13.2 Å². The van der Waals surface area contributed by atoms with E-state index in [1.54, 1.807) is 0 Å². The second-order valence-electron chi connectivity index (χ2n) is 8.74. The van der Waals surface area contributed by atoms with Gasteiger partial charge in [0.25, 0.3) is 0 Å². The van der Waals surface area contributed by atoms with Crippen molar-refractivity contribution in [3.8, 4) is 11.5 Å². The fourth-order valence-electron chi connectivity index (χ4n) is 4.40. The third-order valence-electron chi connectivity index (χ3n) is 6.24. The van der Waals surface area contributed by atoms with E-state index in [9.17, 15) is 0 Å². The number of fused-ring (bicyclic) bond motifs is 1. The Hall–Kier alpha value is -1.99. The monoisotopic (exact) mass is 445 g/mol. The van der Waals surface area contributed by atoms with Gasteiger partial charge in [-0.15, -0.1) is 0 Å². The molecule has 0 bridgehead atoms. The second-order valence-corrected chi connectivity index (χ2v) is 8.74. The molecule has 0 spiro atoms. The summed E-state index contributed by atoms with van der Waals surface area (Å²) < 4.78 is 11.8. The van der Waals surface area contributed by atoms with Gasteiger partial charge in [0.15, 0.2) is 5.96 Å². The van der Waals surface area contributed by atoms with Crippen molar-refractivity contribution in [2.75, 3.05) is 59.0 Å². The summed E-state index contributed by atoms with van der Waals surface area (Å²) in [7, 11) is 0. The first-order chi connectivity index (χ1) is 15.6. The van der Waals surface area contributed by atoms with Crippen LogP contribution in [0, 0.1) is 0 Å². The van der Waals surface area contributed by atoms with Crippen molar-refractivity contribution >= 4 is 5.96 Å². The van der Waals surface area contributed by atoms with Gasteiger partial charge in [-0.3, -0.25) is 0 Å². The average Bonchev–Trinajstić information content (AvgIpc) is 3.16. The van der Waals surface area contributed by atoms with Crippen LogP contribution in [0.3, 0.4) is 0 Å². The van der Waals surface area contributed by atoms with E-state index in [4.69, 9.17) is 14.5 Å². The van der Waals surface area contributed by atoms with Crippen molar-refractivity contribution in [2.24, 2.45) is 4.99 Å². The molecule has 7 nitrogen and oxygen atoms in total. The SMILES string of the molecule is CCNC(=NCc1cc2c(cc1OCC)CC(C)O2)NCCCCN1CCN(CC)CC1. The molecule has 1 aromatic rings. The lowest BCUT2D eigenvalue weighted by atomic mass is 10.1. The molecule has 1 fully saturated rings. The summed E-state index contributed by atoms with van der Waals surface area (Å²) in [6.07, 6.45) is 3.53. The second kappa shape index (κ2) is 12.9. The Labute approximate surface area is 194 Å². The molecule has 0 saturated carbocycles. The zero-order valence-electron chi connectivity index (χ0n) is 20.6. The van der Waals surface area contributed by atoms with Crippen molar-refractivity contribution in [3.63, 3.8) is 0 Å². The average molecular weight is 446 g/mol. The van der Waals surface area contributed by atoms with Gasteiger partial charge in [0.1, 0.15) is 17.6 Å². The summed E-state index contributed by atoms with van der Waals surface area (Å²) in [4.78, 5) is 9.94. The van der Waals surface area contributed by atoms with Crippen molar-refractivity contribution in [2.45, 2.75) is 59.6 Å². The Morgan fingerprint density at radius 1 is 1.09 bits per heavy atom. The number of aliphatic imine (C=N–C) groups is 1. The summed E-state index contributed by atoms with van der Waals surface area (Å²) >= 11 is 0. The number of nitrogens with zero attached hydrogens (tertiary/aromatic N) is 3. The number of hydrogen-bond acceptors (Lipinski definition) is 5. The number of guanidine groups is 1. The first-order valence-electron chi connectivity index (χ1n) is 12.5. The topological polar surface area (TPSA) is 61.4 Å². The maximum absolute atomic E-state index is 5.95. The third kappa shape index (κ3) is 7.27. The fraction of sp³-hybridized carbons (Fsp3) is 0.720. The minimum Gasteiger partial charge on any atom is -0.494 e. The van der Waals surface area contributed by atoms with Crippen LogP contribution in [0.2, 0.25) is 0 Å². The maximum Gasteiger partial charge on any atom is 0.191 e. The van der Waals surface area contributed by atoms with Crippen LogP contribution in [0.5, 0.6) is 11.5 Å². The standard InChI is InChI=1S/C25H43N5O2/c1-5-26-25(27-10-8-9-11-30-14-12-29(6-2)13-15-30)28-19-22-18-24-21(16-20(4)32-24)17-23(22)31-7-3/h17-18,20H,5-16,19H2,1-4H3,(H2,26,27,28). The van der Waals surface area contributed by atoms with Crippen LogP contribution in [-0.2, 0) is 13.0 Å². The van der Waals surface area contributed by atoms with Gasteiger partial charge in [-0.1, -0.05) is 6.92 Å².